The van der Waals surface area contributed by atoms with Crippen molar-refractivity contribution < 1.29 is 9.13 Å². The van der Waals surface area contributed by atoms with Crippen molar-refractivity contribution in [3.8, 4) is 28.6 Å². The van der Waals surface area contributed by atoms with Crippen LogP contribution in [0.2, 0.25) is 0 Å². The summed E-state index contributed by atoms with van der Waals surface area (Å²) < 4.78 is 25.7. The summed E-state index contributed by atoms with van der Waals surface area (Å²) in [6, 6.07) is 60.0. The second-order valence-electron chi connectivity index (χ2n) is 13.4. The van der Waals surface area contributed by atoms with Gasteiger partial charge in [-0.25, -0.2) is 9.37 Å². The number of fused-ring (bicyclic) bond motifs is 5. The van der Waals surface area contributed by atoms with Gasteiger partial charge in [0.15, 0.2) is 14.2 Å². The number of alkyl halides is 1. The van der Waals surface area contributed by atoms with Crippen LogP contribution in [0, 0.1) is 0 Å². The lowest BCUT2D eigenvalue weighted by molar-refractivity contribution is 0.402. The maximum Gasteiger partial charge on any atom is 0.188 e. The van der Waals surface area contributed by atoms with Gasteiger partial charge in [-0.1, -0.05) is 121 Å². The third kappa shape index (κ3) is 4.94. The third-order valence-corrected chi connectivity index (χ3v) is 15.3. The van der Waals surface area contributed by atoms with E-state index in [1.54, 1.807) is 6.20 Å². The maximum absolute atomic E-state index is 16.7. The topological polar surface area (TPSA) is 39.9 Å². The fourth-order valence-electron chi connectivity index (χ4n) is 8.20. The Morgan fingerprint density at radius 1 is 0.509 bits per heavy atom. The molecular weight excluding hydrogens is 670 g/mol. The van der Waals surface area contributed by atoms with Crippen LogP contribution >= 0.6 is 0 Å². The predicted octanol–water partition coefficient (Wildman–Crippen LogP) is 8.78. The number of benzene rings is 6. The molecule has 0 saturated heterocycles. The molecule has 0 aliphatic carbocycles. The van der Waals surface area contributed by atoms with Gasteiger partial charge in [0.25, 0.3) is 0 Å². The molecule has 4 heterocycles. The van der Waals surface area contributed by atoms with Crippen LogP contribution in [0.5, 0.6) is 11.5 Å². The van der Waals surface area contributed by atoms with Gasteiger partial charge < -0.3 is 4.74 Å². The van der Waals surface area contributed by atoms with Crippen molar-refractivity contribution in [2.24, 2.45) is 0 Å². The quantitative estimate of drug-likeness (QED) is 0.163. The van der Waals surface area contributed by atoms with Crippen LogP contribution in [-0.2, 0) is 0 Å². The van der Waals surface area contributed by atoms with Crippen LogP contribution in [0.15, 0.2) is 188 Å². The minimum Gasteiger partial charge on any atom is -0.458 e. The average molecular weight is 702 g/mol. The number of pyridine rings is 2. The van der Waals surface area contributed by atoms with Crippen molar-refractivity contribution in [3.05, 3.63) is 199 Å². The van der Waals surface area contributed by atoms with Crippen LogP contribution in [0.1, 0.15) is 17.3 Å². The number of ether oxygens (including phenoxy) is 1. The first-order chi connectivity index (χ1) is 26.2. The molecule has 53 heavy (non-hydrogen) atoms. The summed E-state index contributed by atoms with van der Waals surface area (Å²) in [6.45, 7) is 0. The van der Waals surface area contributed by atoms with E-state index in [-0.39, 0.29) is 0 Å². The number of para-hydroxylation sites is 1. The van der Waals surface area contributed by atoms with Crippen molar-refractivity contribution in [1.82, 2.24) is 14.5 Å². The lowest BCUT2D eigenvalue weighted by Gasteiger charge is -2.39. The highest BCUT2D eigenvalue weighted by molar-refractivity contribution is 7.20. The summed E-state index contributed by atoms with van der Waals surface area (Å²) >= 11 is 0. The smallest absolute Gasteiger partial charge is 0.188 e. The zero-order valence-electron chi connectivity index (χ0n) is 28.6. The average Bonchev–Trinajstić information content (AvgIpc) is 3.55. The van der Waals surface area contributed by atoms with Crippen LogP contribution < -0.4 is 25.5 Å². The number of nitrogens with zero attached hydrogens (tertiary/aromatic N) is 3. The lowest BCUT2D eigenvalue weighted by Crippen LogP contribution is -2.76. The fraction of sp³-hybridized carbons (Fsp3) is 0.0213. The summed E-state index contributed by atoms with van der Waals surface area (Å²) in [7, 11) is -2.90. The first-order valence-electron chi connectivity index (χ1n) is 17.8. The molecule has 1 atom stereocenters. The van der Waals surface area contributed by atoms with Gasteiger partial charge in [0.2, 0.25) is 0 Å². The molecule has 3 aromatic heterocycles. The predicted molar refractivity (Wildman–Crippen MR) is 215 cm³/mol. The standard InChI is InChI=1S/C47H32FN3OSi/c48-47(33-15-13-14-32(28-33)39-20-9-11-26-49-39)34-24-25-37-38-30-43-45(31-41(38)51(40(37)29-34)46-23-10-12-27-50-46)53(35-16-3-1-4-17-35,36-18-5-2-6-19-36)44-22-8-7-21-42(44)52-43/h1-31,47H. The zero-order valence-corrected chi connectivity index (χ0v) is 29.6. The summed E-state index contributed by atoms with van der Waals surface area (Å²) in [6.07, 6.45) is 2.22. The maximum atomic E-state index is 16.7. The molecule has 0 spiro atoms. The lowest BCUT2D eigenvalue weighted by atomic mass is 9.98. The Labute approximate surface area is 307 Å². The van der Waals surface area contributed by atoms with E-state index in [0.717, 1.165) is 55.6 Å². The van der Waals surface area contributed by atoms with E-state index in [4.69, 9.17) is 9.72 Å². The number of aromatic nitrogens is 3. The first kappa shape index (κ1) is 31.1. The van der Waals surface area contributed by atoms with E-state index < -0.39 is 14.2 Å². The van der Waals surface area contributed by atoms with Crippen molar-refractivity contribution in [2.75, 3.05) is 0 Å². The first-order valence-corrected chi connectivity index (χ1v) is 19.8. The number of rotatable bonds is 6. The molecule has 0 saturated carbocycles. The van der Waals surface area contributed by atoms with Gasteiger partial charge in [-0.2, -0.15) is 0 Å². The molecule has 0 fully saturated rings. The van der Waals surface area contributed by atoms with E-state index in [2.05, 4.69) is 101 Å². The van der Waals surface area contributed by atoms with Crippen LogP contribution in [0.4, 0.5) is 4.39 Å². The SMILES string of the molecule is FC(c1cccc(-c2ccccn2)c1)c1ccc2c3cc4c(cc3n(-c3ccccn3)c2c1)[Si](c1ccccc1)(c1ccccc1)c1ccccc1O4. The summed E-state index contributed by atoms with van der Waals surface area (Å²) in [5.74, 6) is 2.48. The molecule has 4 nitrogen and oxygen atoms in total. The molecule has 0 N–H and O–H groups in total. The molecule has 10 rings (SSSR count). The van der Waals surface area contributed by atoms with E-state index in [1.807, 2.05) is 91.1 Å². The van der Waals surface area contributed by atoms with Gasteiger partial charge in [0.1, 0.15) is 17.3 Å². The molecule has 1 aliphatic heterocycles. The van der Waals surface area contributed by atoms with Gasteiger partial charge >= 0.3 is 0 Å². The highest BCUT2D eigenvalue weighted by Crippen LogP contribution is 2.39. The molecule has 0 amide bonds. The zero-order chi connectivity index (χ0) is 35.4. The van der Waals surface area contributed by atoms with Crippen molar-refractivity contribution in [2.45, 2.75) is 6.17 Å². The molecule has 1 unspecified atom stereocenters. The second kappa shape index (κ2) is 12.5. The highest BCUT2D eigenvalue weighted by atomic mass is 28.3. The Hall–Kier alpha value is -6.63. The van der Waals surface area contributed by atoms with Gasteiger partial charge in [-0.15, -0.1) is 0 Å². The normalized spacial score (nSPS) is 13.6. The second-order valence-corrected chi connectivity index (χ2v) is 17.2. The van der Waals surface area contributed by atoms with Crippen molar-refractivity contribution in [3.63, 3.8) is 0 Å². The Morgan fingerprint density at radius 2 is 1.19 bits per heavy atom. The molecule has 6 aromatic carbocycles. The molecule has 0 bridgehead atoms. The Balaban J connectivity index is 1.24. The number of hydrogen-bond donors (Lipinski definition) is 0. The molecule has 9 aromatic rings. The Bertz CT molecular complexity index is 2730. The highest BCUT2D eigenvalue weighted by Gasteiger charge is 2.48. The van der Waals surface area contributed by atoms with E-state index >= 15 is 4.39 Å². The summed E-state index contributed by atoms with van der Waals surface area (Å²) in [5.41, 5.74) is 4.72. The Morgan fingerprint density at radius 3 is 1.92 bits per heavy atom. The number of halogens is 1. The van der Waals surface area contributed by atoms with Crippen LogP contribution in [-0.4, -0.2) is 22.6 Å². The minimum atomic E-state index is -2.90. The van der Waals surface area contributed by atoms with Gasteiger partial charge in [0, 0.05) is 28.7 Å². The van der Waals surface area contributed by atoms with E-state index in [9.17, 15) is 0 Å². The van der Waals surface area contributed by atoms with Crippen LogP contribution in [0.25, 0.3) is 38.9 Å². The van der Waals surface area contributed by atoms with Gasteiger partial charge in [-0.05, 0) is 86.5 Å². The van der Waals surface area contributed by atoms with Crippen LogP contribution in [0.3, 0.4) is 0 Å². The summed E-state index contributed by atoms with van der Waals surface area (Å²) in [5, 5.41) is 6.95. The van der Waals surface area contributed by atoms with E-state index in [1.165, 1.54) is 15.6 Å². The number of hydrogen-bond acceptors (Lipinski definition) is 3. The fourth-order valence-corrected chi connectivity index (χ4v) is 13.2. The van der Waals surface area contributed by atoms with E-state index in [0.29, 0.717) is 11.1 Å². The Kier molecular flexibility index (Phi) is 7.37. The largest absolute Gasteiger partial charge is 0.458 e. The van der Waals surface area contributed by atoms with Crippen molar-refractivity contribution >= 4 is 50.6 Å². The monoisotopic (exact) mass is 701 g/mol. The van der Waals surface area contributed by atoms with Gasteiger partial charge in [-0.3, -0.25) is 9.55 Å². The molecule has 0 radical (unpaired) electrons. The minimum absolute atomic E-state index is 0.571. The summed E-state index contributed by atoms with van der Waals surface area (Å²) in [4.78, 5) is 9.33. The molecule has 252 valence electrons. The third-order valence-electron chi connectivity index (χ3n) is 10.5. The van der Waals surface area contributed by atoms with Crippen molar-refractivity contribution in [1.29, 1.82) is 0 Å². The van der Waals surface area contributed by atoms with Gasteiger partial charge in [0.05, 0.1) is 16.7 Å². The molecular formula is C47H32FN3OSi. The molecule has 1 aliphatic rings. The molecule has 6 heteroatoms.